The SMILES string of the molecule is CC(C)(C)CC(C)(C)OOC(C)(OOC(C)(C)CC(C)(C)C)C(C)(C)C. The van der Waals surface area contributed by atoms with E-state index in [0.29, 0.717) is 0 Å². The molecule has 26 heavy (non-hydrogen) atoms. The molecule has 0 atom stereocenters. The second-order valence-corrected chi connectivity index (χ2v) is 12.5. The molecule has 0 aromatic heterocycles. The first kappa shape index (κ1) is 25.8. The van der Waals surface area contributed by atoms with E-state index in [4.69, 9.17) is 19.6 Å². The van der Waals surface area contributed by atoms with Crippen molar-refractivity contribution in [2.24, 2.45) is 16.2 Å². The Bertz CT molecular complexity index is 399. The minimum Gasteiger partial charge on any atom is -0.228 e. The first-order valence-corrected chi connectivity index (χ1v) is 9.81. The summed E-state index contributed by atoms with van der Waals surface area (Å²) in [7, 11) is 0. The molecule has 0 aliphatic carbocycles. The van der Waals surface area contributed by atoms with Crippen molar-refractivity contribution in [3.8, 4) is 0 Å². The molecule has 4 heteroatoms. The Kier molecular flexibility index (Phi) is 8.01. The van der Waals surface area contributed by atoms with Gasteiger partial charge in [0.25, 0.3) is 0 Å². The third kappa shape index (κ3) is 10.2. The summed E-state index contributed by atoms with van der Waals surface area (Å²) in [6.45, 7) is 29.3. The summed E-state index contributed by atoms with van der Waals surface area (Å²) in [4.78, 5) is 23.5. The van der Waals surface area contributed by atoms with Crippen LogP contribution in [0.5, 0.6) is 0 Å². The Hall–Kier alpha value is -0.160. The van der Waals surface area contributed by atoms with Crippen LogP contribution in [-0.4, -0.2) is 17.0 Å². The van der Waals surface area contributed by atoms with E-state index in [-0.39, 0.29) is 16.2 Å². The Morgan fingerprint density at radius 2 is 0.692 bits per heavy atom. The van der Waals surface area contributed by atoms with E-state index in [1.807, 2.05) is 55.4 Å². The highest BCUT2D eigenvalue weighted by Gasteiger charge is 2.46. The van der Waals surface area contributed by atoms with E-state index in [1.54, 1.807) is 0 Å². The molecule has 0 amide bonds. The second kappa shape index (κ2) is 8.06. The van der Waals surface area contributed by atoms with Crippen LogP contribution in [0.3, 0.4) is 0 Å². The average molecular weight is 375 g/mol. The summed E-state index contributed by atoms with van der Waals surface area (Å²) in [6, 6.07) is 0. The molecule has 0 bridgehead atoms. The van der Waals surface area contributed by atoms with Crippen molar-refractivity contribution in [3.05, 3.63) is 0 Å². The molecular weight excluding hydrogens is 328 g/mol. The van der Waals surface area contributed by atoms with E-state index < -0.39 is 17.0 Å². The second-order valence-electron chi connectivity index (χ2n) is 12.5. The van der Waals surface area contributed by atoms with Crippen molar-refractivity contribution in [1.82, 2.24) is 0 Å². The predicted molar refractivity (Wildman–Crippen MR) is 109 cm³/mol. The first-order chi connectivity index (χ1) is 11.1. The highest BCUT2D eigenvalue weighted by molar-refractivity contribution is 4.81. The molecule has 0 aliphatic rings. The van der Waals surface area contributed by atoms with Crippen LogP contribution in [0.1, 0.15) is 110 Å². The van der Waals surface area contributed by atoms with Crippen LogP contribution < -0.4 is 0 Å². The molecule has 0 aromatic rings. The third-order valence-electron chi connectivity index (χ3n) is 4.13. The van der Waals surface area contributed by atoms with Crippen LogP contribution >= 0.6 is 0 Å². The van der Waals surface area contributed by atoms with Gasteiger partial charge in [0.05, 0.1) is 11.2 Å². The standard InChI is InChI=1S/C22H46O4/c1-17(2,3)15-20(10,11)23-25-22(14,19(7,8)9)26-24-21(12,13)16-18(4,5)6/h15-16H2,1-14H3. The molecule has 0 aliphatic heterocycles. The lowest BCUT2D eigenvalue weighted by molar-refractivity contribution is -0.558. The van der Waals surface area contributed by atoms with Gasteiger partial charge in [-0.15, -0.1) is 0 Å². The van der Waals surface area contributed by atoms with Crippen molar-refractivity contribution in [2.75, 3.05) is 0 Å². The molecule has 0 rings (SSSR count). The van der Waals surface area contributed by atoms with Crippen LogP contribution in [-0.2, 0) is 19.6 Å². The smallest absolute Gasteiger partial charge is 0.228 e. The predicted octanol–water partition coefficient (Wildman–Crippen LogP) is 7.07. The monoisotopic (exact) mass is 374 g/mol. The van der Waals surface area contributed by atoms with Gasteiger partial charge in [0, 0.05) is 5.41 Å². The van der Waals surface area contributed by atoms with Gasteiger partial charge in [0.1, 0.15) is 0 Å². The van der Waals surface area contributed by atoms with Gasteiger partial charge in [-0.1, -0.05) is 62.3 Å². The zero-order valence-corrected chi connectivity index (χ0v) is 20.0. The summed E-state index contributed by atoms with van der Waals surface area (Å²) in [5.41, 5.74) is -0.944. The molecule has 0 spiro atoms. The highest BCUT2D eigenvalue weighted by atomic mass is 17.3. The third-order valence-corrected chi connectivity index (χ3v) is 4.13. The number of hydrogen-bond donors (Lipinski definition) is 0. The lowest BCUT2D eigenvalue weighted by atomic mass is 9.84. The van der Waals surface area contributed by atoms with E-state index in [0.717, 1.165) is 12.8 Å². The fraction of sp³-hybridized carbons (Fsp3) is 1.00. The Morgan fingerprint density at radius 3 is 0.885 bits per heavy atom. The molecule has 0 aromatic carbocycles. The molecule has 0 unspecified atom stereocenters. The van der Waals surface area contributed by atoms with Gasteiger partial charge in [0.15, 0.2) is 0 Å². The van der Waals surface area contributed by atoms with Gasteiger partial charge in [-0.2, -0.15) is 9.78 Å². The van der Waals surface area contributed by atoms with Crippen LogP contribution in [0.25, 0.3) is 0 Å². The van der Waals surface area contributed by atoms with Crippen molar-refractivity contribution in [1.29, 1.82) is 0 Å². The topological polar surface area (TPSA) is 36.9 Å². The van der Waals surface area contributed by atoms with E-state index in [9.17, 15) is 0 Å². The molecule has 0 heterocycles. The first-order valence-electron chi connectivity index (χ1n) is 9.81. The zero-order valence-electron chi connectivity index (χ0n) is 20.0. The summed E-state index contributed by atoms with van der Waals surface area (Å²) in [6.07, 6.45) is 1.72. The zero-order chi connectivity index (χ0) is 21.2. The molecule has 0 radical (unpaired) electrons. The molecule has 0 fully saturated rings. The van der Waals surface area contributed by atoms with Gasteiger partial charge in [-0.05, 0) is 58.3 Å². The lowest BCUT2D eigenvalue weighted by Crippen LogP contribution is -2.49. The molecule has 158 valence electrons. The average Bonchev–Trinajstić information content (AvgIpc) is 2.26. The van der Waals surface area contributed by atoms with E-state index in [2.05, 4.69) is 41.5 Å². The van der Waals surface area contributed by atoms with Gasteiger partial charge in [-0.3, -0.25) is 0 Å². The van der Waals surface area contributed by atoms with Crippen LogP contribution in [0.4, 0.5) is 0 Å². The van der Waals surface area contributed by atoms with Gasteiger partial charge >= 0.3 is 0 Å². The fourth-order valence-corrected chi connectivity index (χ4v) is 3.26. The maximum atomic E-state index is 5.88. The minimum absolute atomic E-state index is 0.136. The number of rotatable bonds is 8. The van der Waals surface area contributed by atoms with Gasteiger partial charge < -0.3 is 0 Å². The van der Waals surface area contributed by atoms with Crippen LogP contribution in [0.2, 0.25) is 0 Å². The van der Waals surface area contributed by atoms with Crippen molar-refractivity contribution >= 4 is 0 Å². The summed E-state index contributed by atoms with van der Waals surface area (Å²) < 4.78 is 0. The van der Waals surface area contributed by atoms with Crippen molar-refractivity contribution in [3.63, 3.8) is 0 Å². The minimum atomic E-state index is -1.04. The van der Waals surface area contributed by atoms with E-state index in [1.165, 1.54) is 0 Å². The normalized spacial score (nSPS) is 15.5. The highest BCUT2D eigenvalue weighted by Crippen LogP contribution is 2.40. The fourth-order valence-electron chi connectivity index (χ4n) is 3.26. The van der Waals surface area contributed by atoms with Crippen LogP contribution in [0.15, 0.2) is 0 Å². The maximum Gasteiger partial charge on any atom is 0.235 e. The summed E-state index contributed by atoms with van der Waals surface area (Å²) >= 11 is 0. The van der Waals surface area contributed by atoms with Crippen LogP contribution in [0, 0.1) is 16.2 Å². The quantitative estimate of drug-likeness (QED) is 0.258. The maximum absolute atomic E-state index is 5.88. The Labute approximate surface area is 163 Å². The molecule has 0 saturated heterocycles. The van der Waals surface area contributed by atoms with E-state index >= 15 is 0 Å². The molecule has 0 N–H and O–H groups in total. The van der Waals surface area contributed by atoms with Crippen molar-refractivity contribution in [2.45, 2.75) is 127 Å². The molecule has 0 saturated carbocycles. The summed E-state index contributed by atoms with van der Waals surface area (Å²) in [5, 5.41) is 0. The molecular formula is C22H46O4. The summed E-state index contributed by atoms with van der Waals surface area (Å²) in [5.74, 6) is -1.04. The largest absolute Gasteiger partial charge is 0.235 e. The Morgan fingerprint density at radius 1 is 0.423 bits per heavy atom. The van der Waals surface area contributed by atoms with Gasteiger partial charge in [0.2, 0.25) is 5.79 Å². The Balaban J connectivity index is 5.13. The van der Waals surface area contributed by atoms with Crippen molar-refractivity contribution < 1.29 is 19.6 Å². The van der Waals surface area contributed by atoms with Gasteiger partial charge in [-0.25, -0.2) is 9.78 Å². The number of hydrogen-bond acceptors (Lipinski definition) is 4. The molecule has 4 nitrogen and oxygen atoms in total. The lowest BCUT2D eigenvalue weighted by Gasteiger charge is -2.43.